The number of aromatic nitrogens is 2. The van der Waals surface area contributed by atoms with Crippen LogP contribution in [-0.4, -0.2) is 22.3 Å². The number of aromatic amines is 1. The van der Waals surface area contributed by atoms with Crippen LogP contribution in [0.15, 0.2) is 58.2 Å². The number of H-pyrrole nitrogens is 1. The summed E-state index contributed by atoms with van der Waals surface area (Å²) in [5.74, 6) is 1.73. The van der Waals surface area contributed by atoms with Crippen LogP contribution in [0.2, 0.25) is 0 Å². The third-order valence-electron chi connectivity index (χ3n) is 2.75. The summed E-state index contributed by atoms with van der Waals surface area (Å²) in [5, 5.41) is 0.934. The molecule has 102 valence electrons. The highest BCUT2D eigenvalue weighted by Crippen LogP contribution is 2.20. The molecule has 2 aromatic carbocycles. The lowest BCUT2D eigenvalue weighted by Gasteiger charge is -2.05. The molecule has 0 radical (unpaired) electrons. The average molecular weight is 349 g/mol. The van der Waals surface area contributed by atoms with Crippen molar-refractivity contribution in [2.24, 2.45) is 0 Å². The summed E-state index contributed by atoms with van der Waals surface area (Å²) in [4.78, 5) is 7.81. The van der Waals surface area contributed by atoms with E-state index in [0.29, 0.717) is 6.61 Å². The van der Waals surface area contributed by atoms with E-state index >= 15 is 0 Å². The fourth-order valence-electron chi connectivity index (χ4n) is 1.85. The van der Waals surface area contributed by atoms with Crippen LogP contribution in [0.3, 0.4) is 0 Å². The first-order valence-corrected chi connectivity index (χ1v) is 8.05. The second kappa shape index (κ2) is 6.33. The molecule has 0 aliphatic carbocycles. The molecule has 0 saturated heterocycles. The number of rotatable bonds is 5. The average Bonchev–Trinajstić information content (AvgIpc) is 2.86. The van der Waals surface area contributed by atoms with E-state index in [9.17, 15) is 0 Å². The minimum Gasteiger partial charge on any atom is -0.493 e. The van der Waals surface area contributed by atoms with E-state index < -0.39 is 0 Å². The van der Waals surface area contributed by atoms with E-state index in [4.69, 9.17) is 4.74 Å². The summed E-state index contributed by atoms with van der Waals surface area (Å²) in [5.41, 5.74) is 2.07. The lowest BCUT2D eigenvalue weighted by molar-refractivity contribution is 0.343. The standard InChI is InChI=1S/C15H13BrN2OS/c16-11-4-3-5-12(10-11)19-8-9-20-15-17-13-6-1-2-7-14(13)18-15/h1-7,10H,8-9H2,(H,17,18). The van der Waals surface area contributed by atoms with Crippen LogP contribution in [0, 0.1) is 0 Å². The lowest BCUT2D eigenvalue weighted by atomic mass is 10.3. The lowest BCUT2D eigenvalue weighted by Crippen LogP contribution is -2.00. The topological polar surface area (TPSA) is 37.9 Å². The van der Waals surface area contributed by atoms with E-state index in [0.717, 1.165) is 32.2 Å². The van der Waals surface area contributed by atoms with Crippen LogP contribution in [-0.2, 0) is 0 Å². The van der Waals surface area contributed by atoms with Gasteiger partial charge in [0.25, 0.3) is 0 Å². The molecule has 20 heavy (non-hydrogen) atoms. The van der Waals surface area contributed by atoms with Crippen molar-refractivity contribution in [1.82, 2.24) is 9.97 Å². The van der Waals surface area contributed by atoms with Crippen molar-refractivity contribution in [1.29, 1.82) is 0 Å². The van der Waals surface area contributed by atoms with Gasteiger partial charge in [-0.3, -0.25) is 0 Å². The van der Waals surface area contributed by atoms with Gasteiger partial charge in [-0.2, -0.15) is 0 Å². The Morgan fingerprint density at radius 3 is 2.90 bits per heavy atom. The third kappa shape index (κ3) is 3.35. The van der Waals surface area contributed by atoms with Crippen molar-refractivity contribution >= 4 is 38.7 Å². The molecule has 0 bridgehead atoms. The summed E-state index contributed by atoms with van der Waals surface area (Å²) in [6.45, 7) is 0.651. The van der Waals surface area contributed by atoms with Gasteiger partial charge in [0.05, 0.1) is 17.6 Å². The van der Waals surface area contributed by atoms with Gasteiger partial charge in [0, 0.05) is 10.2 Å². The van der Waals surface area contributed by atoms with Gasteiger partial charge >= 0.3 is 0 Å². The SMILES string of the molecule is Brc1cccc(OCCSc2nc3ccccc3[nH]2)c1. The monoisotopic (exact) mass is 348 g/mol. The maximum Gasteiger partial charge on any atom is 0.166 e. The highest BCUT2D eigenvalue weighted by Gasteiger charge is 2.02. The number of nitrogens with zero attached hydrogens (tertiary/aromatic N) is 1. The quantitative estimate of drug-likeness (QED) is 0.545. The van der Waals surface area contributed by atoms with E-state index in [-0.39, 0.29) is 0 Å². The maximum atomic E-state index is 5.69. The summed E-state index contributed by atoms with van der Waals surface area (Å²) >= 11 is 5.09. The van der Waals surface area contributed by atoms with Crippen LogP contribution >= 0.6 is 27.7 Å². The molecule has 0 atom stereocenters. The molecule has 0 spiro atoms. The molecule has 0 aliphatic heterocycles. The molecule has 0 aliphatic rings. The minimum absolute atomic E-state index is 0.651. The first kappa shape index (κ1) is 13.5. The van der Waals surface area contributed by atoms with Crippen molar-refractivity contribution in [3.05, 3.63) is 53.0 Å². The zero-order chi connectivity index (χ0) is 13.8. The van der Waals surface area contributed by atoms with Crippen molar-refractivity contribution < 1.29 is 4.74 Å². The highest BCUT2D eigenvalue weighted by atomic mass is 79.9. The maximum absolute atomic E-state index is 5.69. The van der Waals surface area contributed by atoms with Gasteiger partial charge in [0.1, 0.15) is 5.75 Å². The molecular weight excluding hydrogens is 336 g/mol. The van der Waals surface area contributed by atoms with E-state index in [1.54, 1.807) is 11.8 Å². The number of para-hydroxylation sites is 2. The molecule has 3 aromatic rings. The van der Waals surface area contributed by atoms with Gasteiger partial charge in [-0.1, -0.05) is 45.9 Å². The predicted molar refractivity (Wildman–Crippen MR) is 86.5 cm³/mol. The minimum atomic E-state index is 0.651. The Hall–Kier alpha value is -1.46. The van der Waals surface area contributed by atoms with Gasteiger partial charge in [-0.15, -0.1) is 0 Å². The fourth-order valence-corrected chi connectivity index (χ4v) is 2.94. The van der Waals surface area contributed by atoms with Crippen molar-refractivity contribution in [3.63, 3.8) is 0 Å². The molecule has 5 heteroatoms. The molecule has 3 rings (SSSR count). The first-order valence-electron chi connectivity index (χ1n) is 6.27. The second-order valence-electron chi connectivity index (χ2n) is 4.21. The smallest absolute Gasteiger partial charge is 0.166 e. The van der Waals surface area contributed by atoms with Gasteiger partial charge in [0.15, 0.2) is 5.16 Å². The highest BCUT2D eigenvalue weighted by molar-refractivity contribution is 9.10. The van der Waals surface area contributed by atoms with Crippen LogP contribution in [0.1, 0.15) is 0 Å². The molecular formula is C15H13BrN2OS. The number of hydrogen-bond donors (Lipinski definition) is 1. The Bertz CT molecular complexity index is 681. The Kier molecular flexibility index (Phi) is 4.28. The first-order chi connectivity index (χ1) is 9.81. The van der Waals surface area contributed by atoms with Gasteiger partial charge in [0.2, 0.25) is 0 Å². The van der Waals surface area contributed by atoms with Crippen LogP contribution in [0.5, 0.6) is 5.75 Å². The normalized spacial score (nSPS) is 10.8. The molecule has 1 N–H and O–H groups in total. The number of hydrogen-bond acceptors (Lipinski definition) is 3. The van der Waals surface area contributed by atoms with Gasteiger partial charge in [-0.05, 0) is 30.3 Å². The van der Waals surface area contributed by atoms with Crippen molar-refractivity contribution in [2.45, 2.75) is 5.16 Å². The molecule has 3 nitrogen and oxygen atoms in total. The largest absolute Gasteiger partial charge is 0.493 e. The van der Waals surface area contributed by atoms with E-state index in [1.165, 1.54) is 0 Å². The van der Waals surface area contributed by atoms with Gasteiger partial charge < -0.3 is 9.72 Å². The predicted octanol–water partition coefficient (Wildman–Crippen LogP) is 4.50. The van der Waals surface area contributed by atoms with Crippen molar-refractivity contribution in [2.75, 3.05) is 12.4 Å². The zero-order valence-electron chi connectivity index (χ0n) is 10.7. The number of imidazole rings is 1. The van der Waals surface area contributed by atoms with Crippen LogP contribution in [0.25, 0.3) is 11.0 Å². The van der Waals surface area contributed by atoms with E-state index in [1.807, 2.05) is 48.5 Å². The van der Waals surface area contributed by atoms with Crippen molar-refractivity contribution in [3.8, 4) is 5.75 Å². The van der Waals surface area contributed by atoms with Crippen LogP contribution in [0.4, 0.5) is 0 Å². The fraction of sp³-hybridized carbons (Fsp3) is 0.133. The summed E-state index contributed by atoms with van der Waals surface area (Å²) in [6.07, 6.45) is 0. The summed E-state index contributed by atoms with van der Waals surface area (Å²) in [7, 11) is 0. The third-order valence-corrected chi connectivity index (χ3v) is 4.09. The Labute approximate surface area is 129 Å². The number of ether oxygens (including phenoxy) is 1. The summed E-state index contributed by atoms with van der Waals surface area (Å²) in [6, 6.07) is 15.9. The molecule has 1 aromatic heterocycles. The molecule has 0 amide bonds. The number of thioether (sulfide) groups is 1. The van der Waals surface area contributed by atoms with E-state index in [2.05, 4.69) is 25.9 Å². The second-order valence-corrected chi connectivity index (χ2v) is 6.21. The molecule has 1 heterocycles. The number of benzene rings is 2. The number of fused-ring (bicyclic) bond motifs is 1. The zero-order valence-corrected chi connectivity index (χ0v) is 13.1. The molecule has 0 saturated carbocycles. The summed E-state index contributed by atoms with van der Waals surface area (Å²) < 4.78 is 6.72. The Morgan fingerprint density at radius 2 is 2.05 bits per heavy atom. The van der Waals surface area contributed by atoms with Gasteiger partial charge in [-0.25, -0.2) is 4.98 Å². The Balaban J connectivity index is 1.52. The number of nitrogens with one attached hydrogen (secondary N) is 1. The molecule has 0 unspecified atom stereocenters. The Morgan fingerprint density at radius 1 is 1.15 bits per heavy atom. The van der Waals surface area contributed by atoms with Crippen LogP contribution < -0.4 is 4.74 Å². The molecule has 0 fully saturated rings. The number of halogens is 1.